The number of carbonyl (C=O) groups excluding carboxylic acids is 7. The van der Waals surface area contributed by atoms with Gasteiger partial charge >= 0.3 is 17.9 Å². The maximum absolute atomic E-state index is 13.9. The summed E-state index contributed by atoms with van der Waals surface area (Å²) >= 11 is 0. The van der Waals surface area contributed by atoms with Crippen LogP contribution in [0.2, 0.25) is 0 Å². The maximum Gasteiger partial charge on any atom is 0.326 e. The fraction of sp³-hybridized carbons (Fsp3) is 0.744. The quantitative estimate of drug-likeness (QED) is 0.0363. The fourth-order valence-corrected chi connectivity index (χ4v) is 5.80. The van der Waals surface area contributed by atoms with Crippen LogP contribution in [0.4, 0.5) is 0 Å². The molecule has 0 aromatic carbocycles. The summed E-state index contributed by atoms with van der Waals surface area (Å²) in [4.78, 5) is 128. The van der Waals surface area contributed by atoms with Gasteiger partial charge in [0.25, 0.3) is 0 Å². The van der Waals surface area contributed by atoms with Gasteiger partial charge in [-0.25, -0.2) is 4.79 Å². The minimum atomic E-state index is -1.57. The number of rotatable bonds is 30. The molecule has 0 aromatic heterocycles. The maximum atomic E-state index is 13.9. The molecule has 0 aliphatic heterocycles. The van der Waals surface area contributed by atoms with Gasteiger partial charge in [-0.2, -0.15) is 0 Å². The van der Waals surface area contributed by atoms with Gasteiger partial charge in [0.2, 0.25) is 41.4 Å². The zero-order valence-corrected chi connectivity index (χ0v) is 36.5. The van der Waals surface area contributed by atoms with Crippen molar-refractivity contribution < 1.29 is 63.3 Å². The molecule has 0 unspecified atom stereocenters. The molecule has 0 saturated heterocycles. The first-order valence-corrected chi connectivity index (χ1v) is 20.6. The largest absolute Gasteiger partial charge is 0.481 e. The lowest BCUT2D eigenvalue weighted by Crippen LogP contribution is -2.60. The third-order valence-electron chi connectivity index (χ3n) is 9.21. The molecule has 0 rings (SSSR count). The van der Waals surface area contributed by atoms with E-state index in [0.717, 1.165) is 0 Å². The van der Waals surface area contributed by atoms with Crippen molar-refractivity contribution in [2.75, 3.05) is 6.54 Å². The van der Waals surface area contributed by atoms with Crippen molar-refractivity contribution in [2.45, 2.75) is 162 Å². The van der Waals surface area contributed by atoms with Crippen molar-refractivity contribution >= 4 is 59.3 Å². The second-order valence-electron chi connectivity index (χ2n) is 16.3. The predicted octanol–water partition coefficient (Wildman–Crippen LogP) is -1.56. The molecule has 22 heteroatoms. The number of hydrogen-bond donors (Lipinski definition) is 12. The zero-order chi connectivity index (χ0) is 47.1. The van der Waals surface area contributed by atoms with Crippen LogP contribution in [0.15, 0.2) is 0 Å². The van der Waals surface area contributed by atoms with Crippen LogP contribution in [0.1, 0.15) is 113 Å². The number of nitrogens with two attached hydrogens (primary N) is 2. The lowest BCUT2D eigenvalue weighted by atomic mass is 9.99. The van der Waals surface area contributed by atoms with Gasteiger partial charge in [0.15, 0.2) is 0 Å². The zero-order valence-electron chi connectivity index (χ0n) is 36.5. The highest BCUT2D eigenvalue weighted by molar-refractivity contribution is 5.97. The summed E-state index contributed by atoms with van der Waals surface area (Å²) in [5.41, 5.74) is 11.2. The summed E-state index contributed by atoms with van der Waals surface area (Å²) in [7, 11) is 0. The van der Waals surface area contributed by atoms with Crippen molar-refractivity contribution in [2.24, 2.45) is 29.2 Å². The number of aliphatic carboxylic acids is 3. The average molecular weight is 872 g/mol. The summed E-state index contributed by atoms with van der Waals surface area (Å²) < 4.78 is 0. The van der Waals surface area contributed by atoms with Crippen LogP contribution in [0.5, 0.6) is 0 Å². The van der Waals surface area contributed by atoms with Crippen molar-refractivity contribution in [3.8, 4) is 0 Å². The number of carbonyl (C=O) groups is 10. The van der Waals surface area contributed by atoms with E-state index in [1.54, 1.807) is 41.5 Å². The lowest BCUT2D eigenvalue weighted by molar-refractivity contribution is -0.143. The summed E-state index contributed by atoms with van der Waals surface area (Å²) in [6, 6.07) is -10.2. The molecule has 0 bridgehead atoms. The molecular formula is C39H69N9O13. The lowest BCUT2D eigenvalue weighted by Gasteiger charge is -2.29. The van der Waals surface area contributed by atoms with Crippen molar-refractivity contribution in [1.82, 2.24) is 37.2 Å². The van der Waals surface area contributed by atoms with Crippen LogP contribution >= 0.6 is 0 Å². The van der Waals surface area contributed by atoms with Gasteiger partial charge < -0.3 is 64.0 Å². The molecule has 61 heavy (non-hydrogen) atoms. The highest BCUT2D eigenvalue weighted by Crippen LogP contribution is 2.12. The Kier molecular flexibility index (Phi) is 25.7. The van der Waals surface area contributed by atoms with E-state index in [1.165, 1.54) is 13.8 Å². The molecule has 0 heterocycles. The molecule has 8 atom stereocenters. The van der Waals surface area contributed by atoms with Gasteiger partial charge in [-0.05, 0) is 83.1 Å². The van der Waals surface area contributed by atoms with Gasteiger partial charge in [-0.3, -0.25) is 43.2 Å². The smallest absolute Gasteiger partial charge is 0.326 e. The molecule has 7 amide bonds. The van der Waals surface area contributed by atoms with E-state index in [1.807, 2.05) is 0 Å². The molecule has 348 valence electrons. The molecule has 0 saturated carbocycles. The molecule has 0 radical (unpaired) electrons. The van der Waals surface area contributed by atoms with E-state index in [4.69, 9.17) is 16.6 Å². The first-order valence-electron chi connectivity index (χ1n) is 20.6. The van der Waals surface area contributed by atoms with Gasteiger partial charge in [0.05, 0.1) is 6.04 Å². The number of nitrogens with one attached hydrogen (secondary N) is 7. The minimum absolute atomic E-state index is 0.0113. The highest BCUT2D eigenvalue weighted by atomic mass is 16.4. The van der Waals surface area contributed by atoms with Gasteiger partial charge in [-0.1, -0.05) is 41.5 Å². The Labute approximate surface area is 356 Å². The van der Waals surface area contributed by atoms with E-state index in [0.29, 0.717) is 12.8 Å². The van der Waals surface area contributed by atoms with E-state index in [2.05, 4.69) is 37.2 Å². The monoisotopic (exact) mass is 872 g/mol. The molecule has 22 nitrogen and oxygen atoms in total. The SMILES string of the molecule is CC(C)C[C@H](NC(=O)[C@H](CCCCN)NC(=O)[C@H](CCC(=O)O)NC(=O)[C@H](CC(C)C)NC(=O)[C@@H](NC(=O)[C@H](C)NC(=O)[C@H](C)N)C(C)C)C(=O)N[C@@H](CCC(=O)O)C(=O)O. The number of carboxylic acids is 3. The molecule has 0 aromatic rings. The van der Waals surface area contributed by atoms with Crippen molar-refractivity contribution in [1.29, 1.82) is 0 Å². The predicted molar refractivity (Wildman–Crippen MR) is 221 cm³/mol. The third kappa shape index (κ3) is 22.7. The number of unbranched alkanes of at least 4 members (excludes halogenated alkanes) is 1. The molecule has 0 aliphatic rings. The van der Waals surface area contributed by atoms with Gasteiger partial charge in [0.1, 0.15) is 42.3 Å². The third-order valence-corrected chi connectivity index (χ3v) is 9.21. The second kappa shape index (κ2) is 28.2. The van der Waals surface area contributed by atoms with Crippen LogP contribution in [-0.2, 0) is 47.9 Å². The minimum Gasteiger partial charge on any atom is -0.481 e. The number of hydrogen-bond acceptors (Lipinski definition) is 12. The Balaban J connectivity index is 6.47. The Morgan fingerprint density at radius 2 is 0.852 bits per heavy atom. The normalized spacial score (nSPS) is 15.2. The van der Waals surface area contributed by atoms with Crippen molar-refractivity contribution in [3.05, 3.63) is 0 Å². The first-order chi connectivity index (χ1) is 28.3. The molecule has 14 N–H and O–H groups in total. The second-order valence-corrected chi connectivity index (χ2v) is 16.3. The Bertz CT molecular complexity index is 1520. The van der Waals surface area contributed by atoms with Crippen LogP contribution in [0, 0.1) is 17.8 Å². The summed E-state index contributed by atoms with van der Waals surface area (Å²) in [6.07, 6.45) is -1.21. The highest BCUT2D eigenvalue weighted by Gasteiger charge is 2.35. The Morgan fingerprint density at radius 1 is 0.459 bits per heavy atom. The van der Waals surface area contributed by atoms with Crippen LogP contribution < -0.4 is 48.7 Å². The summed E-state index contributed by atoms with van der Waals surface area (Å²) in [5, 5.41) is 45.5. The topological polar surface area (TPSA) is 368 Å². The summed E-state index contributed by atoms with van der Waals surface area (Å²) in [5.74, 6) is -10.6. The standard InChI is InChI=1S/C39H69N9O13/c1-19(2)17-27(37(58)45-26(39(60)61)13-15-30(51)52)46-34(55)24(11-9-10-16-40)43-35(56)25(12-14-29(49)50)44-36(57)28(18-20(3)4)47-38(59)31(21(5)6)48-33(54)23(8)42-32(53)22(7)41/h19-28,31H,9-18,40-41H2,1-8H3,(H,42,53)(H,43,56)(H,44,57)(H,45,58)(H,46,55)(H,47,59)(H,48,54)(H,49,50)(H,51,52)(H,60,61)/t22-,23-,24-,25-,26-,27-,28-,31-/m0/s1. The molecule has 0 spiro atoms. The first kappa shape index (κ1) is 55.6. The summed E-state index contributed by atoms with van der Waals surface area (Å²) in [6.45, 7) is 13.4. The van der Waals surface area contributed by atoms with Crippen LogP contribution in [0.3, 0.4) is 0 Å². The Morgan fingerprint density at radius 3 is 1.25 bits per heavy atom. The number of carboxylic acid groups (broad SMARTS) is 3. The van der Waals surface area contributed by atoms with Crippen LogP contribution in [-0.4, -0.2) is 129 Å². The van der Waals surface area contributed by atoms with Gasteiger partial charge in [0, 0.05) is 12.8 Å². The van der Waals surface area contributed by atoms with E-state index >= 15 is 0 Å². The van der Waals surface area contributed by atoms with E-state index in [-0.39, 0.29) is 37.6 Å². The van der Waals surface area contributed by atoms with Crippen molar-refractivity contribution in [3.63, 3.8) is 0 Å². The fourth-order valence-electron chi connectivity index (χ4n) is 5.80. The average Bonchev–Trinajstić information content (AvgIpc) is 3.14. The van der Waals surface area contributed by atoms with E-state index < -0.39 is 139 Å². The van der Waals surface area contributed by atoms with Crippen LogP contribution in [0.25, 0.3) is 0 Å². The van der Waals surface area contributed by atoms with E-state index in [9.17, 15) is 58.2 Å². The van der Waals surface area contributed by atoms with Gasteiger partial charge in [-0.15, -0.1) is 0 Å². The molecule has 0 aliphatic carbocycles. The molecular weight excluding hydrogens is 802 g/mol. The number of amides is 7. The molecule has 0 fully saturated rings. The Hall–Kier alpha value is -5.38.